The van der Waals surface area contributed by atoms with Gasteiger partial charge in [-0.1, -0.05) is 6.07 Å². The normalized spacial score (nSPS) is 13.2. The molecule has 0 aromatic carbocycles. The summed E-state index contributed by atoms with van der Waals surface area (Å²) in [5.74, 6) is 0.955. The van der Waals surface area contributed by atoms with E-state index in [0.29, 0.717) is 18.1 Å². The molecule has 3 heterocycles. The number of pyridine rings is 1. The molecule has 4 rings (SSSR count). The van der Waals surface area contributed by atoms with Gasteiger partial charge in [0.25, 0.3) is 5.56 Å². The second-order valence-corrected chi connectivity index (χ2v) is 7.35. The fraction of sp³-hybridized carbons (Fsp3) is 0.333. The fourth-order valence-electron chi connectivity index (χ4n) is 3.22. The lowest BCUT2D eigenvalue weighted by Gasteiger charge is -2.05. The highest BCUT2D eigenvalue weighted by Gasteiger charge is 2.21. The number of amides is 1. The minimum absolute atomic E-state index is 0.0832. The Morgan fingerprint density at radius 2 is 2.20 bits per heavy atom. The number of fused-ring (bicyclic) bond motifs is 3. The van der Waals surface area contributed by atoms with Crippen molar-refractivity contribution in [2.24, 2.45) is 0 Å². The third-order valence-corrected chi connectivity index (χ3v) is 5.55. The van der Waals surface area contributed by atoms with E-state index in [9.17, 15) is 9.59 Å². The van der Waals surface area contributed by atoms with Gasteiger partial charge in [-0.05, 0) is 43.9 Å². The van der Waals surface area contributed by atoms with E-state index >= 15 is 0 Å². The Labute approximate surface area is 148 Å². The number of nitrogens with one attached hydrogen (secondary N) is 2. The van der Waals surface area contributed by atoms with Gasteiger partial charge in [0, 0.05) is 23.4 Å². The van der Waals surface area contributed by atoms with Crippen LogP contribution in [0.15, 0.2) is 23.0 Å². The van der Waals surface area contributed by atoms with Crippen molar-refractivity contribution in [2.75, 3.05) is 5.32 Å². The molecule has 0 bridgehead atoms. The van der Waals surface area contributed by atoms with Gasteiger partial charge in [0.2, 0.25) is 5.91 Å². The van der Waals surface area contributed by atoms with Gasteiger partial charge in [-0.25, -0.2) is 9.97 Å². The summed E-state index contributed by atoms with van der Waals surface area (Å²) in [5, 5.41) is 3.51. The minimum Gasteiger partial charge on any atom is -0.311 e. The molecule has 7 heteroatoms. The van der Waals surface area contributed by atoms with Gasteiger partial charge in [0.1, 0.15) is 16.5 Å². The first-order chi connectivity index (χ1) is 12.1. The number of anilines is 1. The molecule has 0 radical (unpaired) electrons. The Hall–Kier alpha value is -2.54. The Kier molecular flexibility index (Phi) is 4.09. The molecule has 3 aromatic heterocycles. The van der Waals surface area contributed by atoms with Gasteiger partial charge < -0.3 is 10.3 Å². The maximum atomic E-state index is 12.4. The van der Waals surface area contributed by atoms with Gasteiger partial charge in [-0.2, -0.15) is 0 Å². The predicted octanol–water partition coefficient (Wildman–Crippen LogP) is 2.75. The minimum atomic E-state index is -0.144. The van der Waals surface area contributed by atoms with Crippen LogP contribution in [0.3, 0.4) is 0 Å². The molecule has 0 fully saturated rings. The summed E-state index contributed by atoms with van der Waals surface area (Å²) < 4.78 is 0. The number of carbonyl (C=O) groups is 1. The van der Waals surface area contributed by atoms with Crippen LogP contribution in [0.4, 0.5) is 5.82 Å². The Morgan fingerprint density at radius 3 is 3.04 bits per heavy atom. The molecule has 0 saturated heterocycles. The molecule has 0 spiro atoms. The molecular weight excluding hydrogens is 336 g/mol. The number of rotatable bonds is 4. The number of aromatic amines is 1. The number of aryl methyl sites for hydroxylation is 4. The Bertz CT molecular complexity index is 1020. The molecule has 6 nitrogen and oxygen atoms in total. The van der Waals surface area contributed by atoms with E-state index in [4.69, 9.17) is 0 Å². The Balaban J connectivity index is 1.48. The van der Waals surface area contributed by atoms with Crippen LogP contribution in [0.25, 0.3) is 10.2 Å². The van der Waals surface area contributed by atoms with E-state index in [1.165, 1.54) is 10.4 Å². The zero-order valence-electron chi connectivity index (χ0n) is 13.9. The highest BCUT2D eigenvalue weighted by molar-refractivity contribution is 7.18. The summed E-state index contributed by atoms with van der Waals surface area (Å²) in [7, 11) is 0. The van der Waals surface area contributed by atoms with E-state index in [0.717, 1.165) is 35.2 Å². The molecule has 1 amide bonds. The molecular formula is C18H18N4O2S. The summed E-state index contributed by atoms with van der Waals surface area (Å²) in [6, 6.07) is 5.48. The fourth-order valence-corrected chi connectivity index (χ4v) is 4.50. The van der Waals surface area contributed by atoms with E-state index in [2.05, 4.69) is 20.3 Å². The van der Waals surface area contributed by atoms with Crippen LogP contribution < -0.4 is 10.9 Å². The molecule has 1 aliphatic carbocycles. The highest BCUT2D eigenvalue weighted by atomic mass is 32.1. The maximum Gasteiger partial charge on any atom is 0.259 e. The van der Waals surface area contributed by atoms with E-state index < -0.39 is 0 Å². The van der Waals surface area contributed by atoms with Crippen LogP contribution in [0, 0.1) is 6.92 Å². The molecule has 128 valence electrons. The quantitative estimate of drug-likeness (QED) is 0.754. The molecule has 1 aliphatic rings. The van der Waals surface area contributed by atoms with Gasteiger partial charge in [-0.15, -0.1) is 11.3 Å². The van der Waals surface area contributed by atoms with Gasteiger partial charge in [0.15, 0.2) is 0 Å². The molecule has 25 heavy (non-hydrogen) atoms. The standard InChI is InChI=1S/C18H18N4O2S/c1-10-4-2-7-13(19-10)20-15(23)9-8-14-21-17(24)16-11-5-3-6-12(11)25-18(16)22-14/h2,4,7H,3,5-6,8-9H2,1H3,(H,19,20,23)(H,21,22,24). The number of thiophene rings is 1. The van der Waals surface area contributed by atoms with Crippen LogP contribution in [0.2, 0.25) is 0 Å². The molecule has 2 N–H and O–H groups in total. The van der Waals surface area contributed by atoms with Crippen LogP contribution >= 0.6 is 11.3 Å². The lowest BCUT2D eigenvalue weighted by Crippen LogP contribution is -2.16. The number of hydrogen-bond donors (Lipinski definition) is 2. The van der Waals surface area contributed by atoms with Gasteiger partial charge in [0.05, 0.1) is 5.39 Å². The van der Waals surface area contributed by atoms with Crippen molar-refractivity contribution in [2.45, 2.75) is 39.0 Å². The molecule has 0 saturated carbocycles. The highest BCUT2D eigenvalue weighted by Crippen LogP contribution is 2.34. The smallest absolute Gasteiger partial charge is 0.259 e. The van der Waals surface area contributed by atoms with E-state index in [1.807, 2.05) is 19.1 Å². The van der Waals surface area contributed by atoms with Crippen molar-refractivity contribution in [3.05, 3.63) is 50.5 Å². The second kappa shape index (κ2) is 6.40. The zero-order chi connectivity index (χ0) is 17.4. The summed E-state index contributed by atoms with van der Waals surface area (Å²) >= 11 is 1.61. The number of H-pyrrole nitrogens is 1. The topological polar surface area (TPSA) is 87.7 Å². The lowest BCUT2D eigenvalue weighted by molar-refractivity contribution is -0.116. The first kappa shape index (κ1) is 16.0. The van der Waals surface area contributed by atoms with E-state index in [1.54, 1.807) is 17.4 Å². The monoisotopic (exact) mass is 354 g/mol. The van der Waals surface area contributed by atoms with Crippen LogP contribution in [-0.4, -0.2) is 20.9 Å². The molecule has 0 atom stereocenters. The SMILES string of the molecule is Cc1cccc(NC(=O)CCc2nc3sc4c(c3c(=O)[nH]2)CCC4)n1. The van der Waals surface area contributed by atoms with Crippen LogP contribution in [-0.2, 0) is 24.1 Å². The summed E-state index contributed by atoms with van der Waals surface area (Å²) in [6.45, 7) is 1.87. The first-order valence-corrected chi connectivity index (χ1v) is 9.19. The summed E-state index contributed by atoms with van der Waals surface area (Å²) in [5.41, 5.74) is 1.93. The van der Waals surface area contributed by atoms with Crippen LogP contribution in [0.1, 0.15) is 34.8 Å². The summed E-state index contributed by atoms with van der Waals surface area (Å²) in [4.78, 5) is 38.2. The third kappa shape index (κ3) is 3.19. The average Bonchev–Trinajstić information content (AvgIpc) is 3.13. The number of hydrogen-bond acceptors (Lipinski definition) is 5. The third-order valence-electron chi connectivity index (χ3n) is 4.37. The number of aromatic nitrogens is 3. The van der Waals surface area contributed by atoms with Crippen molar-refractivity contribution < 1.29 is 4.79 Å². The van der Waals surface area contributed by atoms with Crippen molar-refractivity contribution in [1.82, 2.24) is 15.0 Å². The van der Waals surface area contributed by atoms with Gasteiger partial charge >= 0.3 is 0 Å². The lowest BCUT2D eigenvalue weighted by atomic mass is 10.2. The van der Waals surface area contributed by atoms with Crippen molar-refractivity contribution >= 4 is 33.3 Å². The first-order valence-electron chi connectivity index (χ1n) is 8.37. The van der Waals surface area contributed by atoms with Crippen molar-refractivity contribution in [1.29, 1.82) is 0 Å². The molecule has 3 aromatic rings. The Morgan fingerprint density at radius 1 is 1.32 bits per heavy atom. The summed E-state index contributed by atoms with van der Waals surface area (Å²) in [6.07, 6.45) is 3.76. The predicted molar refractivity (Wildman–Crippen MR) is 98.2 cm³/mol. The zero-order valence-corrected chi connectivity index (χ0v) is 14.7. The number of nitrogens with zero attached hydrogens (tertiary/aromatic N) is 2. The second-order valence-electron chi connectivity index (χ2n) is 6.26. The van der Waals surface area contributed by atoms with E-state index in [-0.39, 0.29) is 17.9 Å². The largest absolute Gasteiger partial charge is 0.311 e. The van der Waals surface area contributed by atoms with Crippen molar-refractivity contribution in [3.63, 3.8) is 0 Å². The van der Waals surface area contributed by atoms with Gasteiger partial charge in [-0.3, -0.25) is 9.59 Å². The number of carbonyl (C=O) groups excluding carboxylic acids is 1. The average molecular weight is 354 g/mol. The molecule has 0 aliphatic heterocycles. The van der Waals surface area contributed by atoms with Crippen molar-refractivity contribution in [3.8, 4) is 0 Å². The maximum absolute atomic E-state index is 12.4. The molecule has 0 unspecified atom stereocenters. The van der Waals surface area contributed by atoms with Crippen LogP contribution in [0.5, 0.6) is 0 Å².